The molecule has 1 heterocycles. The number of nitrogens with one attached hydrogen (secondary N) is 2. The number of ether oxygens (including phenoxy) is 1. The molecule has 7 nitrogen and oxygen atoms in total. The van der Waals surface area contributed by atoms with E-state index in [4.69, 9.17) is 4.74 Å². The Hall–Kier alpha value is -3.07. The number of esters is 1. The number of Topliss-reactive ketones (excluding diaryl/α,β-unsaturated/α-hetero) is 1. The SMILES string of the molecule is CC(=O)Nc1ccc(C(=O)COC(=O)CNC(=O)c2cccs2)c(F)c1. The van der Waals surface area contributed by atoms with E-state index in [9.17, 15) is 23.6 Å². The Labute approximate surface area is 152 Å². The fraction of sp³-hybridized carbons (Fsp3) is 0.176. The Kier molecular flexibility index (Phi) is 6.56. The summed E-state index contributed by atoms with van der Waals surface area (Å²) in [6.45, 7) is 0.200. The van der Waals surface area contributed by atoms with Crippen LogP contribution in [-0.2, 0) is 14.3 Å². The van der Waals surface area contributed by atoms with E-state index in [-0.39, 0.29) is 17.2 Å². The molecule has 2 rings (SSSR count). The molecule has 0 radical (unpaired) electrons. The Balaban J connectivity index is 1.83. The van der Waals surface area contributed by atoms with E-state index in [0.717, 1.165) is 6.07 Å². The van der Waals surface area contributed by atoms with Crippen LogP contribution in [0.1, 0.15) is 27.0 Å². The van der Waals surface area contributed by atoms with E-state index in [1.807, 2.05) is 0 Å². The van der Waals surface area contributed by atoms with Crippen LogP contribution in [0.15, 0.2) is 35.7 Å². The summed E-state index contributed by atoms with van der Waals surface area (Å²) in [6, 6.07) is 6.85. The van der Waals surface area contributed by atoms with Crippen molar-refractivity contribution in [2.75, 3.05) is 18.5 Å². The minimum absolute atomic E-state index is 0.208. The highest BCUT2D eigenvalue weighted by Crippen LogP contribution is 2.15. The first-order valence-corrected chi connectivity index (χ1v) is 8.32. The molecule has 1 aromatic heterocycles. The lowest BCUT2D eigenvalue weighted by atomic mass is 10.1. The zero-order chi connectivity index (χ0) is 19.1. The van der Waals surface area contributed by atoms with Crippen LogP contribution >= 0.6 is 11.3 Å². The van der Waals surface area contributed by atoms with Gasteiger partial charge in [0.05, 0.1) is 10.4 Å². The highest BCUT2D eigenvalue weighted by Gasteiger charge is 2.16. The van der Waals surface area contributed by atoms with Crippen molar-refractivity contribution in [3.05, 3.63) is 52.0 Å². The lowest BCUT2D eigenvalue weighted by molar-refractivity contribution is -0.141. The van der Waals surface area contributed by atoms with Crippen LogP contribution in [0.4, 0.5) is 10.1 Å². The summed E-state index contributed by atoms with van der Waals surface area (Å²) in [7, 11) is 0. The first-order chi connectivity index (χ1) is 12.4. The van der Waals surface area contributed by atoms with Crippen LogP contribution in [-0.4, -0.2) is 36.7 Å². The topological polar surface area (TPSA) is 102 Å². The smallest absolute Gasteiger partial charge is 0.325 e. The number of carbonyl (C=O) groups excluding carboxylic acids is 4. The van der Waals surface area contributed by atoms with Crippen LogP contribution < -0.4 is 10.6 Å². The van der Waals surface area contributed by atoms with Crippen LogP contribution in [0.2, 0.25) is 0 Å². The number of benzene rings is 1. The molecule has 0 spiro atoms. The molecule has 136 valence electrons. The lowest BCUT2D eigenvalue weighted by Crippen LogP contribution is -2.31. The van der Waals surface area contributed by atoms with Crippen LogP contribution in [0.5, 0.6) is 0 Å². The molecule has 0 fully saturated rings. The van der Waals surface area contributed by atoms with E-state index < -0.39 is 36.6 Å². The molecule has 2 aromatic rings. The van der Waals surface area contributed by atoms with E-state index >= 15 is 0 Å². The number of hydrogen-bond donors (Lipinski definition) is 2. The van der Waals surface area contributed by atoms with Gasteiger partial charge in [-0.15, -0.1) is 11.3 Å². The molecule has 0 aliphatic heterocycles. The standard InChI is InChI=1S/C17H15FN2O5S/c1-10(21)20-11-4-5-12(13(18)7-11)14(22)9-25-16(23)8-19-17(24)15-3-2-6-26-15/h2-7H,8-9H2,1H3,(H,19,24)(H,20,21). The maximum absolute atomic E-state index is 13.9. The predicted molar refractivity (Wildman–Crippen MR) is 92.6 cm³/mol. The molecule has 2 N–H and O–H groups in total. The van der Waals surface area contributed by atoms with Gasteiger partial charge in [-0.3, -0.25) is 19.2 Å². The molecule has 26 heavy (non-hydrogen) atoms. The average molecular weight is 378 g/mol. The van der Waals surface area contributed by atoms with E-state index in [1.54, 1.807) is 17.5 Å². The largest absolute Gasteiger partial charge is 0.456 e. The van der Waals surface area contributed by atoms with Gasteiger partial charge in [-0.05, 0) is 29.6 Å². The molecule has 0 aliphatic carbocycles. The number of halogens is 1. The summed E-state index contributed by atoms with van der Waals surface area (Å²) in [5, 5.41) is 6.46. The Morgan fingerprint density at radius 1 is 1.19 bits per heavy atom. The van der Waals surface area contributed by atoms with Crippen molar-refractivity contribution in [3.8, 4) is 0 Å². The third-order valence-electron chi connectivity index (χ3n) is 3.09. The van der Waals surface area contributed by atoms with Gasteiger partial charge in [0, 0.05) is 12.6 Å². The molecule has 0 bridgehead atoms. The second kappa shape index (κ2) is 8.86. The average Bonchev–Trinajstić information content (AvgIpc) is 3.11. The van der Waals surface area contributed by atoms with E-state index in [1.165, 1.54) is 30.4 Å². The van der Waals surface area contributed by atoms with Crippen molar-refractivity contribution < 1.29 is 28.3 Å². The van der Waals surface area contributed by atoms with Crippen LogP contribution in [0, 0.1) is 5.82 Å². The van der Waals surface area contributed by atoms with Crippen LogP contribution in [0.3, 0.4) is 0 Å². The quantitative estimate of drug-likeness (QED) is 0.567. The predicted octanol–water partition coefficient (Wildman–Crippen LogP) is 2.00. The van der Waals surface area contributed by atoms with Gasteiger partial charge < -0.3 is 15.4 Å². The number of thiophene rings is 1. The van der Waals surface area contributed by atoms with Gasteiger partial charge in [-0.2, -0.15) is 0 Å². The zero-order valence-electron chi connectivity index (χ0n) is 13.7. The number of hydrogen-bond acceptors (Lipinski definition) is 6. The highest BCUT2D eigenvalue weighted by atomic mass is 32.1. The fourth-order valence-electron chi connectivity index (χ4n) is 1.94. The maximum Gasteiger partial charge on any atom is 0.325 e. The Morgan fingerprint density at radius 3 is 2.58 bits per heavy atom. The lowest BCUT2D eigenvalue weighted by Gasteiger charge is -2.07. The van der Waals surface area contributed by atoms with Gasteiger partial charge in [-0.1, -0.05) is 6.07 Å². The van der Waals surface area contributed by atoms with Crippen molar-refractivity contribution in [3.63, 3.8) is 0 Å². The third kappa shape index (κ3) is 5.49. The molecule has 0 unspecified atom stereocenters. The van der Waals surface area contributed by atoms with Crippen LogP contribution in [0.25, 0.3) is 0 Å². The summed E-state index contributed by atoms with van der Waals surface area (Å²) < 4.78 is 18.7. The summed E-state index contributed by atoms with van der Waals surface area (Å²) in [5.74, 6) is -3.21. The minimum Gasteiger partial charge on any atom is -0.456 e. The molecular weight excluding hydrogens is 363 g/mol. The van der Waals surface area contributed by atoms with Gasteiger partial charge in [0.25, 0.3) is 5.91 Å². The summed E-state index contributed by atoms with van der Waals surface area (Å²) in [4.78, 5) is 46.6. The summed E-state index contributed by atoms with van der Waals surface area (Å²) in [5.41, 5.74) is -0.0608. The molecule has 1 aromatic carbocycles. The van der Waals surface area contributed by atoms with E-state index in [0.29, 0.717) is 4.88 Å². The summed E-state index contributed by atoms with van der Waals surface area (Å²) in [6.07, 6.45) is 0. The minimum atomic E-state index is -0.844. The number of ketones is 1. The van der Waals surface area contributed by atoms with Gasteiger partial charge in [0.1, 0.15) is 12.4 Å². The number of carbonyl (C=O) groups is 4. The van der Waals surface area contributed by atoms with Crippen molar-refractivity contribution in [2.24, 2.45) is 0 Å². The highest BCUT2D eigenvalue weighted by molar-refractivity contribution is 7.12. The molecule has 9 heteroatoms. The molecular formula is C17H15FN2O5S. The van der Waals surface area contributed by atoms with Crippen molar-refractivity contribution in [1.82, 2.24) is 5.32 Å². The number of anilines is 1. The monoisotopic (exact) mass is 378 g/mol. The molecule has 0 atom stereocenters. The third-order valence-corrected chi connectivity index (χ3v) is 3.96. The van der Waals surface area contributed by atoms with E-state index in [2.05, 4.69) is 10.6 Å². The van der Waals surface area contributed by atoms with Crippen molar-refractivity contribution >= 4 is 40.6 Å². The van der Waals surface area contributed by atoms with Gasteiger partial charge in [0.2, 0.25) is 11.7 Å². The van der Waals surface area contributed by atoms with Gasteiger partial charge >= 0.3 is 5.97 Å². The molecule has 0 saturated heterocycles. The second-order valence-corrected chi connectivity index (χ2v) is 6.07. The van der Waals surface area contributed by atoms with Gasteiger partial charge in [-0.25, -0.2) is 4.39 Å². The Morgan fingerprint density at radius 2 is 1.96 bits per heavy atom. The first kappa shape index (κ1) is 19.3. The number of amides is 2. The zero-order valence-corrected chi connectivity index (χ0v) is 14.5. The fourth-order valence-corrected chi connectivity index (χ4v) is 2.58. The Bertz CT molecular complexity index is 836. The van der Waals surface area contributed by atoms with Crippen molar-refractivity contribution in [2.45, 2.75) is 6.92 Å². The summed E-state index contributed by atoms with van der Waals surface area (Å²) >= 11 is 1.22. The number of rotatable bonds is 7. The first-order valence-electron chi connectivity index (χ1n) is 7.44. The molecule has 2 amide bonds. The molecule has 0 saturated carbocycles. The maximum atomic E-state index is 13.9. The van der Waals surface area contributed by atoms with Crippen molar-refractivity contribution in [1.29, 1.82) is 0 Å². The molecule has 0 aliphatic rings. The normalized spacial score (nSPS) is 10.1. The van der Waals surface area contributed by atoms with Gasteiger partial charge in [0.15, 0.2) is 6.61 Å². The second-order valence-electron chi connectivity index (χ2n) is 5.12.